The Morgan fingerprint density at radius 1 is 1.33 bits per heavy atom. The first-order valence-corrected chi connectivity index (χ1v) is 7.13. The maximum atomic E-state index is 12.1. The predicted octanol–water partition coefficient (Wildman–Crippen LogP) is 2.08. The number of imidazole rings is 1. The summed E-state index contributed by atoms with van der Waals surface area (Å²) in [7, 11) is -3.59. The Kier molecular flexibility index (Phi) is 3.38. The topological polar surface area (TPSA) is 74.8 Å². The highest BCUT2D eigenvalue weighted by Crippen LogP contribution is 2.19. The molecule has 0 aliphatic heterocycles. The third kappa shape index (κ3) is 2.53. The number of H-pyrrole nitrogens is 1. The Morgan fingerprint density at radius 3 is 2.67 bits per heavy atom. The average Bonchev–Trinajstić information content (AvgIpc) is 2.77. The molecule has 0 saturated carbocycles. The maximum absolute atomic E-state index is 12.1. The number of rotatable bonds is 4. The first-order valence-electron chi connectivity index (χ1n) is 5.65. The number of benzene rings is 1. The largest absolute Gasteiger partial charge is 0.332 e. The van der Waals surface area contributed by atoms with Gasteiger partial charge in [-0.3, -0.25) is 4.72 Å². The van der Waals surface area contributed by atoms with Gasteiger partial charge in [0.05, 0.1) is 11.9 Å². The molecule has 2 rings (SSSR count). The van der Waals surface area contributed by atoms with Crippen LogP contribution >= 0.6 is 0 Å². The Hall–Kier alpha value is -1.82. The van der Waals surface area contributed by atoms with Gasteiger partial charge in [-0.25, -0.2) is 4.98 Å². The zero-order chi connectivity index (χ0) is 13.2. The summed E-state index contributed by atoms with van der Waals surface area (Å²) in [4.78, 5) is 6.60. The minimum absolute atomic E-state index is 0.0749. The van der Waals surface area contributed by atoms with Gasteiger partial charge in [-0.2, -0.15) is 8.42 Å². The smallest absolute Gasteiger partial charge is 0.278 e. The lowest BCUT2D eigenvalue weighted by Crippen LogP contribution is -2.14. The average molecular weight is 265 g/mol. The van der Waals surface area contributed by atoms with Crippen molar-refractivity contribution in [1.29, 1.82) is 0 Å². The van der Waals surface area contributed by atoms with Gasteiger partial charge in [-0.15, -0.1) is 0 Å². The van der Waals surface area contributed by atoms with E-state index in [1.54, 1.807) is 19.1 Å². The second kappa shape index (κ2) is 4.81. The first kappa shape index (κ1) is 12.6. The number of aromatic amines is 1. The van der Waals surface area contributed by atoms with Crippen molar-refractivity contribution in [3.63, 3.8) is 0 Å². The summed E-state index contributed by atoms with van der Waals surface area (Å²) in [6.07, 6.45) is 2.08. The zero-order valence-corrected chi connectivity index (χ0v) is 11.1. The quantitative estimate of drug-likeness (QED) is 0.888. The van der Waals surface area contributed by atoms with Crippen LogP contribution in [0.1, 0.15) is 18.3 Å². The standard InChI is InChI=1S/C12H15N3O2S/c1-3-10-6-4-5-7-11(10)15-18(16,17)12-8-13-9(2)14-12/h4-8,15H,3H2,1-2H3,(H,13,14). The number of nitrogens with one attached hydrogen (secondary N) is 2. The maximum Gasteiger partial charge on any atom is 0.278 e. The molecule has 0 fully saturated rings. The molecule has 1 aromatic heterocycles. The van der Waals surface area contributed by atoms with E-state index in [1.165, 1.54) is 6.20 Å². The number of sulfonamides is 1. The Labute approximate surface area is 106 Å². The van der Waals surface area contributed by atoms with E-state index in [2.05, 4.69) is 14.7 Å². The van der Waals surface area contributed by atoms with Crippen molar-refractivity contribution in [1.82, 2.24) is 9.97 Å². The van der Waals surface area contributed by atoms with Gasteiger partial charge in [0.2, 0.25) is 0 Å². The SMILES string of the molecule is CCc1ccccc1NS(=O)(=O)c1cnc(C)[nH]1. The van der Waals surface area contributed by atoms with Gasteiger partial charge in [-0.05, 0) is 25.0 Å². The number of anilines is 1. The van der Waals surface area contributed by atoms with Crippen molar-refractivity contribution in [2.24, 2.45) is 0 Å². The molecule has 0 saturated heterocycles. The van der Waals surface area contributed by atoms with Crippen LogP contribution in [0.15, 0.2) is 35.5 Å². The molecule has 0 radical (unpaired) electrons. The van der Waals surface area contributed by atoms with Gasteiger partial charge in [-0.1, -0.05) is 25.1 Å². The highest BCUT2D eigenvalue weighted by molar-refractivity contribution is 7.92. The van der Waals surface area contributed by atoms with Crippen molar-refractivity contribution >= 4 is 15.7 Å². The lowest BCUT2D eigenvalue weighted by Gasteiger charge is -2.10. The van der Waals surface area contributed by atoms with Crippen molar-refractivity contribution in [3.8, 4) is 0 Å². The van der Waals surface area contributed by atoms with E-state index < -0.39 is 10.0 Å². The van der Waals surface area contributed by atoms with Gasteiger partial charge < -0.3 is 4.98 Å². The Balaban J connectivity index is 2.33. The molecule has 0 spiro atoms. The van der Waals surface area contributed by atoms with Crippen LogP contribution in [0.5, 0.6) is 0 Å². The van der Waals surface area contributed by atoms with E-state index in [9.17, 15) is 8.42 Å². The number of para-hydroxylation sites is 1. The summed E-state index contributed by atoms with van der Waals surface area (Å²) >= 11 is 0. The van der Waals surface area contributed by atoms with Gasteiger partial charge in [0, 0.05) is 0 Å². The predicted molar refractivity (Wildman–Crippen MR) is 70.0 cm³/mol. The number of aryl methyl sites for hydroxylation is 2. The Morgan fingerprint density at radius 2 is 2.06 bits per heavy atom. The van der Waals surface area contributed by atoms with Crippen LogP contribution < -0.4 is 4.72 Å². The molecule has 96 valence electrons. The van der Waals surface area contributed by atoms with E-state index in [4.69, 9.17) is 0 Å². The minimum atomic E-state index is -3.59. The van der Waals surface area contributed by atoms with Crippen molar-refractivity contribution in [3.05, 3.63) is 41.9 Å². The second-order valence-electron chi connectivity index (χ2n) is 3.95. The summed E-state index contributed by atoms with van der Waals surface area (Å²) in [6.45, 7) is 3.69. The van der Waals surface area contributed by atoms with Crippen molar-refractivity contribution in [2.45, 2.75) is 25.3 Å². The fourth-order valence-corrected chi connectivity index (χ4v) is 2.73. The molecular weight excluding hydrogens is 250 g/mol. The molecule has 6 heteroatoms. The first-order chi connectivity index (χ1) is 8.53. The second-order valence-corrected chi connectivity index (χ2v) is 5.60. The molecule has 0 amide bonds. The van der Waals surface area contributed by atoms with Crippen molar-refractivity contribution < 1.29 is 8.42 Å². The van der Waals surface area contributed by atoms with Crippen LogP contribution in [0.25, 0.3) is 0 Å². The van der Waals surface area contributed by atoms with Crippen LogP contribution in [0.3, 0.4) is 0 Å². The lowest BCUT2D eigenvalue weighted by atomic mass is 10.1. The van der Waals surface area contributed by atoms with Gasteiger partial charge >= 0.3 is 0 Å². The minimum Gasteiger partial charge on any atom is -0.332 e. The van der Waals surface area contributed by atoms with E-state index in [0.717, 1.165) is 12.0 Å². The third-order valence-electron chi connectivity index (χ3n) is 2.61. The van der Waals surface area contributed by atoms with Crippen molar-refractivity contribution in [2.75, 3.05) is 4.72 Å². The molecule has 0 aliphatic rings. The fourth-order valence-electron chi connectivity index (χ4n) is 1.66. The van der Waals surface area contributed by atoms with Crippen LogP contribution in [-0.2, 0) is 16.4 Å². The molecule has 2 aromatic rings. The molecule has 1 heterocycles. The fraction of sp³-hybridized carbons (Fsp3) is 0.250. The Bertz CT molecular complexity index is 647. The summed E-state index contributed by atoms with van der Waals surface area (Å²) in [5, 5.41) is 0.0749. The molecule has 0 unspecified atom stereocenters. The van der Waals surface area contributed by atoms with E-state index in [0.29, 0.717) is 11.5 Å². The monoisotopic (exact) mass is 265 g/mol. The lowest BCUT2D eigenvalue weighted by molar-refractivity contribution is 0.598. The molecule has 2 N–H and O–H groups in total. The van der Waals surface area contributed by atoms with E-state index in [-0.39, 0.29) is 5.03 Å². The summed E-state index contributed by atoms with van der Waals surface area (Å²) < 4.78 is 26.8. The normalized spacial score (nSPS) is 11.4. The zero-order valence-electron chi connectivity index (χ0n) is 10.3. The molecule has 0 atom stereocenters. The van der Waals surface area contributed by atoms with Gasteiger partial charge in [0.15, 0.2) is 5.03 Å². The number of aromatic nitrogens is 2. The summed E-state index contributed by atoms with van der Waals surface area (Å²) in [5.41, 5.74) is 1.56. The van der Waals surface area contributed by atoms with Gasteiger partial charge in [0.1, 0.15) is 5.82 Å². The molecule has 5 nitrogen and oxygen atoms in total. The third-order valence-corrected chi connectivity index (χ3v) is 3.89. The summed E-state index contributed by atoms with van der Waals surface area (Å²) in [5.74, 6) is 0.569. The molecular formula is C12H15N3O2S. The molecule has 18 heavy (non-hydrogen) atoms. The van der Waals surface area contributed by atoms with E-state index in [1.807, 2.05) is 19.1 Å². The van der Waals surface area contributed by atoms with Crippen LogP contribution in [0, 0.1) is 6.92 Å². The number of nitrogens with zero attached hydrogens (tertiary/aromatic N) is 1. The van der Waals surface area contributed by atoms with Crippen LogP contribution in [0.4, 0.5) is 5.69 Å². The number of hydrogen-bond donors (Lipinski definition) is 2. The summed E-state index contributed by atoms with van der Waals surface area (Å²) in [6, 6.07) is 7.34. The van der Waals surface area contributed by atoms with Gasteiger partial charge in [0.25, 0.3) is 10.0 Å². The molecule has 0 aliphatic carbocycles. The highest BCUT2D eigenvalue weighted by atomic mass is 32.2. The molecule has 1 aromatic carbocycles. The van der Waals surface area contributed by atoms with Crippen LogP contribution in [0.2, 0.25) is 0 Å². The number of hydrogen-bond acceptors (Lipinski definition) is 3. The molecule has 0 bridgehead atoms. The van der Waals surface area contributed by atoms with E-state index >= 15 is 0 Å². The van der Waals surface area contributed by atoms with Crippen LogP contribution in [-0.4, -0.2) is 18.4 Å². The highest BCUT2D eigenvalue weighted by Gasteiger charge is 2.17.